The van der Waals surface area contributed by atoms with Gasteiger partial charge in [0, 0.05) is 19.5 Å². The van der Waals surface area contributed by atoms with E-state index in [4.69, 9.17) is 5.84 Å². The second-order valence-corrected chi connectivity index (χ2v) is 5.27. The summed E-state index contributed by atoms with van der Waals surface area (Å²) in [5, 5.41) is 0. The van der Waals surface area contributed by atoms with Crippen LogP contribution in [-0.4, -0.2) is 23.3 Å². The predicted molar refractivity (Wildman–Crippen MR) is 76.3 cm³/mol. The summed E-state index contributed by atoms with van der Waals surface area (Å²) in [5.41, 5.74) is 4.07. The topological polar surface area (TPSA) is 75.4 Å². The van der Waals surface area contributed by atoms with Crippen LogP contribution < -0.4 is 11.3 Å². The number of rotatable bonds is 5. The number of likely N-dealkylation sites (tertiary alicyclic amines) is 1. The average molecular weight is 275 g/mol. The number of nitrogens with two attached hydrogens (primary N) is 1. The third kappa shape index (κ3) is 3.36. The van der Waals surface area contributed by atoms with Crippen LogP contribution in [0, 0.1) is 5.92 Å². The van der Waals surface area contributed by atoms with Gasteiger partial charge in [0.2, 0.25) is 11.8 Å². The Morgan fingerprint density at radius 1 is 1.40 bits per heavy atom. The van der Waals surface area contributed by atoms with Gasteiger partial charge in [-0.2, -0.15) is 0 Å². The Hall–Kier alpha value is -1.88. The normalized spacial score (nSPS) is 18.4. The molecule has 0 aliphatic carbocycles. The minimum absolute atomic E-state index is 0.204. The molecule has 1 fully saturated rings. The maximum absolute atomic E-state index is 12.0. The first-order valence-electron chi connectivity index (χ1n) is 6.98. The van der Waals surface area contributed by atoms with Crippen molar-refractivity contribution in [2.75, 3.05) is 6.54 Å². The van der Waals surface area contributed by atoms with Crippen LogP contribution >= 0.6 is 0 Å². The van der Waals surface area contributed by atoms with Crippen molar-refractivity contribution in [1.29, 1.82) is 0 Å². The molecule has 2 amide bonds. The van der Waals surface area contributed by atoms with Crippen LogP contribution in [-0.2, 0) is 22.6 Å². The van der Waals surface area contributed by atoms with Gasteiger partial charge in [-0.05, 0) is 17.0 Å². The Balaban J connectivity index is 2.09. The Morgan fingerprint density at radius 2 is 2.10 bits per heavy atom. The van der Waals surface area contributed by atoms with E-state index in [2.05, 4.69) is 12.3 Å². The molecule has 5 nitrogen and oxygen atoms in total. The van der Waals surface area contributed by atoms with E-state index in [0.717, 1.165) is 24.1 Å². The molecule has 108 valence electrons. The molecule has 1 unspecified atom stereocenters. The Labute approximate surface area is 119 Å². The molecule has 20 heavy (non-hydrogen) atoms. The van der Waals surface area contributed by atoms with Crippen LogP contribution in [0.1, 0.15) is 30.9 Å². The number of hydrogen-bond acceptors (Lipinski definition) is 3. The molecule has 0 aromatic heterocycles. The van der Waals surface area contributed by atoms with Crippen LogP contribution in [0.3, 0.4) is 0 Å². The van der Waals surface area contributed by atoms with E-state index >= 15 is 0 Å². The number of carbonyl (C=O) groups is 2. The average Bonchev–Trinajstić information content (AvgIpc) is 2.81. The van der Waals surface area contributed by atoms with Gasteiger partial charge in [-0.25, -0.2) is 5.84 Å². The quantitative estimate of drug-likeness (QED) is 0.478. The number of hydrazine groups is 1. The third-order valence-corrected chi connectivity index (χ3v) is 3.86. The van der Waals surface area contributed by atoms with Crippen molar-refractivity contribution in [2.45, 2.75) is 32.7 Å². The van der Waals surface area contributed by atoms with Crippen LogP contribution in [0.2, 0.25) is 0 Å². The highest BCUT2D eigenvalue weighted by Gasteiger charge is 2.28. The molecule has 1 aromatic carbocycles. The molecule has 0 spiro atoms. The summed E-state index contributed by atoms with van der Waals surface area (Å²) in [6.07, 6.45) is 1.91. The zero-order valence-corrected chi connectivity index (χ0v) is 11.8. The van der Waals surface area contributed by atoms with Gasteiger partial charge in [-0.3, -0.25) is 15.0 Å². The van der Waals surface area contributed by atoms with Gasteiger partial charge in [-0.1, -0.05) is 37.6 Å². The second-order valence-electron chi connectivity index (χ2n) is 5.27. The Bertz CT molecular complexity index is 502. The van der Waals surface area contributed by atoms with E-state index in [0.29, 0.717) is 18.9 Å². The molecule has 1 aliphatic rings. The summed E-state index contributed by atoms with van der Waals surface area (Å²) < 4.78 is 0. The lowest BCUT2D eigenvalue weighted by atomic mass is 10.0. The van der Waals surface area contributed by atoms with Crippen molar-refractivity contribution in [3.63, 3.8) is 0 Å². The summed E-state index contributed by atoms with van der Waals surface area (Å²) in [5.74, 6) is 5.57. The largest absolute Gasteiger partial charge is 0.338 e. The van der Waals surface area contributed by atoms with Crippen molar-refractivity contribution in [3.05, 3.63) is 35.4 Å². The summed E-state index contributed by atoms with van der Waals surface area (Å²) >= 11 is 0. The highest BCUT2D eigenvalue weighted by atomic mass is 16.2. The number of benzene rings is 1. The number of carbonyl (C=O) groups excluding carboxylic acids is 2. The fourth-order valence-electron chi connectivity index (χ4n) is 2.59. The molecule has 3 N–H and O–H groups in total. The molecular formula is C15H21N3O2. The summed E-state index contributed by atoms with van der Waals surface area (Å²) in [6, 6.07) is 7.69. The maximum atomic E-state index is 12.0. The van der Waals surface area contributed by atoms with E-state index in [1.54, 1.807) is 0 Å². The van der Waals surface area contributed by atoms with E-state index in [1.165, 1.54) is 0 Å². The molecule has 1 saturated heterocycles. The summed E-state index contributed by atoms with van der Waals surface area (Å²) in [6.45, 7) is 3.50. The molecule has 1 heterocycles. The summed E-state index contributed by atoms with van der Waals surface area (Å²) in [4.78, 5) is 25.3. The highest BCUT2D eigenvalue weighted by molar-refractivity contribution is 5.79. The van der Waals surface area contributed by atoms with Crippen molar-refractivity contribution >= 4 is 11.8 Å². The van der Waals surface area contributed by atoms with E-state index in [9.17, 15) is 9.59 Å². The molecule has 5 heteroatoms. The minimum Gasteiger partial charge on any atom is -0.338 e. The summed E-state index contributed by atoms with van der Waals surface area (Å²) in [7, 11) is 0. The van der Waals surface area contributed by atoms with Gasteiger partial charge in [0.15, 0.2) is 0 Å². The van der Waals surface area contributed by atoms with Gasteiger partial charge in [0.25, 0.3) is 0 Å². The second kappa shape index (κ2) is 6.52. The molecule has 0 bridgehead atoms. The minimum atomic E-state index is -0.225. The van der Waals surface area contributed by atoms with Crippen molar-refractivity contribution in [3.8, 4) is 0 Å². The first-order valence-corrected chi connectivity index (χ1v) is 6.98. The number of hydrogen-bond donors (Lipinski definition) is 2. The van der Waals surface area contributed by atoms with Crippen LogP contribution in [0.4, 0.5) is 0 Å². The zero-order valence-electron chi connectivity index (χ0n) is 11.8. The lowest BCUT2D eigenvalue weighted by molar-refractivity contribution is -0.128. The highest BCUT2D eigenvalue weighted by Crippen LogP contribution is 2.23. The Morgan fingerprint density at radius 3 is 2.70 bits per heavy atom. The lowest BCUT2D eigenvalue weighted by Gasteiger charge is -2.18. The number of nitrogens with one attached hydrogen (secondary N) is 1. The molecule has 1 aliphatic heterocycles. The van der Waals surface area contributed by atoms with Gasteiger partial charge in [0.1, 0.15) is 0 Å². The van der Waals surface area contributed by atoms with E-state index < -0.39 is 0 Å². The number of nitrogens with zero attached hydrogens (tertiary/aromatic N) is 1. The molecule has 1 aromatic rings. The molecular weight excluding hydrogens is 254 g/mol. The lowest BCUT2D eigenvalue weighted by Crippen LogP contribution is -2.32. The van der Waals surface area contributed by atoms with E-state index in [1.807, 2.05) is 29.2 Å². The monoisotopic (exact) mass is 275 g/mol. The van der Waals surface area contributed by atoms with Crippen molar-refractivity contribution in [1.82, 2.24) is 10.3 Å². The SMILES string of the molecule is CCC1CC(=O)N(Cc2ccccc2CC(=O)NN)C1. The van der Waals surface area contributed by atoms with Crippen LogP contribution in [0.15, 0.2) is 24.3 Å². The van der Waals surface area contributed by atoms with Crippen molar-refractivity contribution < 1.29 is 9.59 Å². The maximum Gasteiger partial charge on any atom is 0.238 e. The van der Waals surface area contributed by atoms with Gasteiger partial charge < -0.3 is 4.90 Å². The van der Waals surface area contributed by atoms with Crippen molar-refractivity contribution in [2.24, 2.45) is 11.8 Å². The van der Waals surface area contributed by atoms with Gasteiger partial charge in [-0.15, -0.1) is 0 Å². The molecule has 0 saturated carbocycles. The smallest absolute Gasteiger partial charge is 0.238 e. The predicted octanol–water partition coefficient (Wildman–Crippen LogP) is 0.978. The van der Waals surface area contributed by atoms with E-state index in [-0.39, 0.29) is 18.2 Å². The fraction of sp³-hybridized carbons (Fsp3) is 0.467. The van der Waals surface area contributed by atoms with Gasteiger partial charge >= 0.3 is 0 Å². The third-order valence-electron chi connectivity index (χ3n) is 3.86. The zero-order chi connectivity index (χ0) is 14.5. The van der Waals surface area contributed by atoms with Crippen LogP contribution in [0.5, 0.6) is 0 Å². The standard InChI is InChI=1S/C15H21N3O2/c1-2-11-7-15(20)18(9-11)10-13-6-4-3-5-12(13)8-14(19)17-16/h3-6,11H,2,7-10,16H2,1H3,(H,17,19). The van der Waals surface area contributed by atoms with Gasteiger partial charge in [0.05, 0.1) is 6.42 Å². The Kier molecular flexibility index (Phi) is 4.74. The first-order chi connectivity index (χ1) is 9.63. The molecule has 1 atom stereocenters. The fourth-order valence-corrected chi connectivity index (χ4v) is 2.59. The first kappa shape index (κ1) is 14.5. The molecule has 2 rings (SSSR count). The van der Waals surface area contributed by atoms with Crippen LogP contribution in [0.25, 0.3) is 0 Å². The molecule has 0 radical (unpaired) electrons. The number of amides is 2.